The Kier molecular flexibility index (Phi) is 4.40. The molecule has 1 saturated heterocycles. The van der Waals surface area contributed by atoms with E-state index in [2.05, 4.69) is 5.32 Å². The van der Waals surface area contributed by atoms with Gasteiger partial charge in [-0.2, -0.15) is 0 Å². The summed E-state index contributed by atoms with van der Waals surface area (Å²) in [6.45, 7) is 3.87. The molecule has 0 aromatic carbocycles. The maximum Gasteiger partial charge on any atom is 0.239 e. The van der Waals surface area contributed by atoms with Crippen LogP contribution in [-0.2, 0) is 4.79 Å². The van der Waals surface area contributed by atoms with E-state index in [-0.39, 0.29) is 11.9 Å². The number of nitrogens with two attached hydrogens (primary N) is 1. The number of carbonyl (C=O) groups excluding carboxylic acids is 1. The molecule has 17 heavy (non-hydrogen) atoms. The van der Waals surface area contributed by atoms with Gasteiger partial charge in [-0.1, -0.05) is 0 Å². The minimum Gasteiger partial charge on any atom is -0.341 e. The molecule has 2 fully saturated rings. The van der Waals surface area contributed by atoms with Crippen molar-refractivity contribution in [2.75, 3.05) is 13.1 Å². The van der Waals surface area contributed by atoms with Gasteiger partial charge in [0.05, 0.1) is 6.04 Å². The Labute approximate surface area is 104 Å². The summed E-state index contributed by atoms with van der Waals surface area (Å²) in [6.07, 6.45) is 6.79. The molecule has 2 aliphatic rings. The highest BCUT2D eigenvalue weighted by Gasteiger charge is 2.27. The zero-order valence-electron chi connectivity index (χ0n) is 10.8. The molecule has 1 saturated carbocycles. The lowest BCUT2D eigenvalue weighted by Gasteiger charge is -2.30. The van der Waals surface area contributed by atoms with Gasteiger partial charge in [-0.3, -0.25) is 4.79 Å². The highest BCUT2D eigenvalue weighted by atomic mass is 16.2. The zero-order chi connectivity index (χ0) is 12.3. The predicted octanol–water partition coefficient (Wildman–Crippen LogP) is 0.857. The van der Waals surface area contributed by atoms with Crippen molar-refractivity contribution in [3.63, 3.8) is 0 Å². The Morgan fingerprint density at radius 1 is 1.29 bits per heavy atom. The minimum atomic E-state index is -0.0524. The first kappa shape index (κ1) is 12.8. The van der Waals surface area contributed by atoms with Crippen molar-refractivity contribution >= 4 is 5.91 Å². The number of nitrogens with one attached hydrogen (secondary N) is 1. The Bertz CT molecular complexity index is 263. The summed E-state index contributed by atoms with van der Waals surface area (Å²) in [6, 6.07) is 0.710. The van der Waals surface area contributed by atoms with Crippen LogP contribution in [0, 0.1) is 0 Å². The van der Waals surface area contributed by atoms with Crippen LogP contribution in [0.3, 0.4) is 0 Å². The van der Waals surface area contributed by atoms with Gasteiger partial charge in [-0.25, -0.2) is 0 Å². The van der Waals surface area contributed by atoms with Gasteiger partial charge in [0.15, 0.2) is 0 Å². The highest BCUT2D eigenvalue weighted by molar-refractivity contribution is 5.81. The van der Waals surface area contributed by atoms with Crippen LogP contribution in [-0.4, -0.2) is 42.0 Å². The molecule has 1 amide bonds. The van der Waals surface area contributed by atoms with Gasteiger partial charge in [0.2, 0.25) is 5.91 Å². The smallest absolute Gasteiger partial charge is 0.239 e. The first-order valence-electron chi connectivity index (χ1n) is 6.97. The summed E-state index contributed by atoms with van der Waals surface area (Å²) in [4.78, 5) is 14.2. The average molecular weight is 239 g/mol. The van der Waals surface area contributed by atoms with E-state index >= 15 is 0 Å². The maximum absolute atomic E-state index is 12.2. The Morgan fingerprint density at radius 3 is 2.59 bits per heavy atom. The van der Waals surface area contributed by atoms with Crippen LogP contribution in [0.25, 0.3) is 0 Å². The van der Waals surface area contributed by atoms with Crippen molar-refractivity contribution < 1.29 is 4.79 Å². The normalized spacial score (nSPS) is 31.5. The number of likely N-dealkylation sites (tertiary alicyclic amines) is 1. The van der Waals surface area contributed by atoms with Gasteiger partial charge in [0.1, 0.15) is 0 Å². The van der Waals surface area contributed by atoms with E-state index in [4.69, 9.17) is 5.73 Å². The van der Waals surface area contributed by atoms with Gasteiger partial charge in [-0.15, -0.1) is 0 Å². The van der Waals surface area contributed by atoms with Crippen LogP contribution in [0.2, 0.25) is 0 Å². The summed E-state index contributed by atoms with van der Waals surface area (Å²) < 4.78 is 0. The molecule has 0 spiro atoms. The maximum atomic E-state index is 12.2. The highest BCUT2D eigenvalue weighted by Crippen LogP contribution is 2.18. The molecule has 2 rings (SSSR count). The molecule has 3 N–H and O–H groups in total. The fraction of sp³-hybridized carbons (Fsp3) is 0.923. The largest absolute Gasteiger partial charge is 0.341 e. The van der Waals surface area contributed by atoms with Crippen molar-refractivity contribution in [3.05, 3.63) is 0 Å². The Balaban J connectivity index is 1.78. The molecule has 0 radical (unpaired) electrons. The molecule has 4 nitrogen and oxygen atoms in total. The van der Waals surface area contributed by atoms with E-state index in [9.17, 15) is 4.79 Å². The van der Waals surface area contributed by atoms with Crippen molar-refractivity contribution in [3.8, 4) is 0 Å². The third kappa shape index (κ3) is 3.42. The topological polar surface area (TPSA) is 58.4 Å². The van der Waals surface area contributed by atoms with Gasteiger partial charge < -0.3 is 16.0 Å². The summed E-state index contributed by atoms with van der Waals surface area (Å²) in [5.41, 5.74) is 5.88. The third-order valence-electron chi connectivity index (χ3n) is 4.00. The quantitative estimate of drug-likeness (QED) is 0.768. The molecule has 98 valence electrons. The fourth-order valence-corrected chi connectivity index (χ4v) is 2.98. The van der Waals surface area contributed by atoms with Crippen LogP contribution in [0.1, 0.15) is 45.4 Å². The first-order chi connectivity index (χ1) is 8.16. The van der Waals surface area contributed by atoms with E-state index in [0.29, 0.717) is 12.1 Å². The lowest BCUT2D eigenvalue weighted by atomic mass is 10.1. The summed E-state index contributed by atoms with van der Waals surface area (Å²) in [5.74, 6) is 0.269. The van der Waals surface area contributed by atoms with Crippen LogP contribution in [0.15, 0.2) is 0 Å². The van der Waals surface area contributed by atoms with Crippen LogP contribution < -0.4 is 11.1 Å². The van der Waals surface area contributed by atoms with Crippen LogP contribution in [0.4, 0.5) is 0 Å². The predicted molar refractivity (Wildman–Crippen MR) is 68.6 cm³/mol. The minimum absolute atomic E-state index is 0.0524. The molecular formula is C13H25N3O. The number of carbonyl (C=O) groups is 1. The SMILES string of the molecule is CC(NC1CCC(N)C1)C(=O)N1CCCCC1. The van der Waals surface area contributed by atoms with E-state index in [1.165, 1.54) is 6.42 Å². The summed E-state index contributed by atoms with van der Waals surface area (Å²) in [7, 11) is 0. The molecule has 1 heterocycles. The monoisotopic (exact) mass is 239 g/mol. The number of rotatable bonds is 3. The molecule has 1 aliphatic carbocycles. The molecule has 4 heteroatoms. The lowest BCUT2D eigenvalue weighted by molar-refractivity contribution is -0.134. The van der Waals surface area contributed by atoms with Crippen molar-refractivity contribution in [2.45, 2.75) is 63.6 Å². The van der Waals surface area contributed by atoms with E-state index in [0.717, 1.165) is 45.2 Å². The molecule has 3 unspecified atom stereocenters. The van der Waals surface area contributed by atoms with Crippen molar-refractivity contribution in [2.24, 2.45) is 5.73 Å². The third-order valence-corrected chi connectivity index (χ3v) is 4.00. The van der Waals surface area contributed by atoms with Gasteiger partial charge in [0, 0.05) is 25.2 Å². The molecule has 0 aromatic rings. The molecule has 0 bridgehead atoms. The second-order valence-electron chi connectivity index (χ2n) is 5.54. The number of nitrogens with zero attached hydrogens (tertiary/aromatic N) is 1. The molecule has 3 atom stereocenters. The van der Waals surface area contributed by atoms with E-state index in [1.807, 2.05) is 11.8 Å². The van der Waals surface area contributed by atoms with E-state index < -0.39 is 0 Å². The van der Waals surface area contributed by atoms with E-state index in [1.54, 1.807) is 0 Å². The first-order valence-corrected chi connectivity index (χ1v) is 6.97. The van der Waals surface area contributed by atoms with Crippen molar-refractivity contribution in [1.29, 1.82) is 0 Å². The Hall–Kier alpha value is -0.610. The second-order valence-corrected chi connectivity index (χ2v) is 5.54. The standard InChI is InChI=1S/C13H25N3O/c1-10(15-12-6-5-11(14)9-12)13(17)16-7-3-2-4-8-16/h10-12,15H,2-9,14H2,1H3. The van der Waals surface area contributed by atoms with Gasteiger partial charge in [0.25, 0.3) is 0 Å². The molecule has 0 aromatic heterocycles. The number of hydrogen-bond donors (Lipinski definition) is 2. The summed E-state index contributed by atoms with van der Waals surface area (Å²) in [5, 5.41) is 3.44. The zero-order valence-corrected chi connectivity index (χ0v) is 10.8. The van der Waals surface area contributed by atoms with Crippen LogP contribution >= 0.6 is 0 Å². The lowest BCUT2D eigenvalue weighted by Crippen LogP contribution is -2.49. The molecular weight excluding hydrogens is 214 g/mol. The molecule has 1 aliphatic heterocycles. The van der Waals surface area contributed by atoms with Crippen molar-refractivity contribution in [1.82, 2.24) is 10.2 Å². The summed E-state index contributed by atoms with van der Waals surface area (Å²) >= 11 is 0. The number of hydrogen-bond acceptors (Lipinski definition) is 3. The second kappa shape index (κ2) is 5.83. The van der Waals surface area contributed by atoms with Gasteiger partial charge in [-0.05, 0) is 45.4 Å². The van der Waals surface area contributed by atoms with Gasteiger partial charge >= 0.3 is 0 Å². The number of piperidine rings is 1. The average Bonchev–Trinajstić information content (AvgIpc) is 2.75. The Morgan fingerprint density at radius 2 is 2.00 bits per heavy atom. The van der Waals surface area contributed by atoms with Crippen LogP contribution in [0.5, 0.6) is 0 Å². The number of amides is 1. The fourth-order valence-electron chi connectivity index (χ4n) is 2.98.